The fraction of sp³-hybridized carbons (Fsp3) is 0.286. The number of carbonyl (C=O) groups is 1. The summed E-state index contributed by atoms with van der Waals surface area (Å²) in [7, 11) is 0. The van der Waals surface area contributed by atoms with Crippen LogP contribution < -0.4 is 5.73 Å². The van der Waals surface area contributed by atoms with E-state index >= 15 is 0 Å². The summed E-state index contributed by atoms with van der Waals surface area (Å²) in [6.07, 6.45) is 6.18. The van der Waals surface area contributed by atoms with Crippen molar-refractivity contribution >= 4 is 5.91 Å². The van der Waals surface area contributed by atoms with Gasteiger partial charge in [0.25, 0.3) is 5.91 Å². The Bertz CT molecular complexity index is 1080. The summed E-state index contributed by atoms with van der Waals surface area (Å²) < 4.78 is 30.2. The van der Waals surface area contributed by atoms with Crippen LogP contribution in [-0.4, -0.2) is 20.7 Å². The van der Waals surface area contributed by atoms with E-state index in [1.165, 1.54) is 30.8 Å². The van der Waals surface area contributed by atoms with Crippen LogP contribution in [0.25, 0.3) is 16.9 Å². The second kappa shape index (κ2) is 6.22. The molecule has 2 aromatic heterocycles. The summed E-state index contributed by atoms with van der Waals surface area (Å²) in [4.78, 5) is 15.8. The van der Waals surface area contributed by atoms with Gasteiger partial charge in [0.05, 0.1) is 5.69 Å². The predicted octanol–water partition coefficient (Wildman–Crippen LogP) is 4.07. The second-order valence-electron chi connectivity index (χ2n) is 7.51. The summed E-state index contributed by atoms with van der Waals surface area (Å²) in [5.74, 6) is -1.35. The fourth-order valence-corrected chi connectivity index (χ4v) is 3.52. The lowest BCUT2D eigenvalue weighted by Crippen LogP contribution is -2.16. The number of pyridine rings is 1. The molecule has 1 amide bonds. The van der Waals surface area contributed by atoms with Crippen LogP contribution in [0.2, 0.25) is 0 Å². The average molecular weight is 380 g/mol. The zero-order valence-electron chi connectivity index (χ0n) is 15.0. The second-order valence-corrected chi connectivity index (χ2v) is 7.51. The Hall–Kier alpha value is -3.09. The Kier molecular flexibility index (Phi) is 3.79. The highest BCUT2D eigenvalue weighted by Crippen LogP contribution is 2.45. The van der Waals surface area contributed by atoms with Gasteiger partial charge in [-0.2, -0.15) is 5.10 Å². The van der Waals surface area contributed by atoms with Crippen molar-refractivity contribution < 1.29 is 13.6 Å². The molecule has 0 aliphatic heterocycles. The maximum absolute atomic E-state index is 14.6. The molecule has 2 N–H and O–H groups in total. The van der Waals surface area contributed by atoms with E-state index < -0.39 is 23.1 Å². The third-order valence-corrected chi connectivity index (χ3v) is 5.36. The molecule has 2 saturated carbocycles. The molecule has 0 radical (unpaired) electrons. The molecular weight excluding hydrogens is 362 g/mol. The summed E-state index contributed by atoms with van der Waals surface area (Å²) in [6, 6.07) is 7.95. The highest BCUT2D eigenvalue weighted by Gasteiger charge is 2.33. The molecule has 1 aromatic carbocycles. The van der Waals surface area contributed by atoms with E-state index in [4.69, 9.17) is 10.8 Å². The first-order valence-electron chi connectivity index (χ1n) is 9.37. The lowest BCUT2D eigenvalue weighted by Gasteiger charge is -2.09. The molecule has 2 fully saturated rings. The molecule has 2 aliphatic rings. The van der Waals surface area contributed by atoms with Crippen LogP contribution in [0.1, 0.15) is 59.3 Å². The van der Waals surface area contributed by atoms with Crippen LogP contribution in [0, 0.1) is 11.6 Å². The highest BCUT2D eigenvalue weighted by molar-refractivity contribution is 5.94. The minimum Gasteiger partial charge on any atom is -0.365 e. The van der Waals surface area contributed by atoms with Gasteiger partial charge in [-0.3, -0.25) is 4.79 Å². The Morgan fingerprint density at radius 2 is 1.82 bits per heavy atom. The van der Waals surface area contributed by atoms with E-state index in [2.05, 4.69) is 11.1 Å². The number of hydrogen-bond acceptors (Lipinski definition) is 3. The highest BCUT2D eigenvalue weighted by atomic mass is 19.1. The molecule has 28 heavy (non-hydrogen) atoms. The maximum atomic E-state index is 14.6. The monoisotopic (exact) mass is 380 g/mol. The number of nitrogens with two attached hydrogens (primary N) is 1. The zero-order chi connectivity index (χ0) is 19.4. The minimum atomic E-state index is -1.14. The number of carbonyl (C=O) groups excluding carboxylic acids is 1. The fourth-order valence-electron chi connectivity index (χ4n) is 3.52. The minimum absolute atomic E-state index is 0.0794. The van der Waals surface area contributed by atoms with Gasteiger partial charge in [-0.1, -0.05) is 0 Å². The van der Waals surface area contributed by atoms with Gasteiger partial charge in [0.2, 0.25) is 0 Å². The lowest BCUT2D eigenvalue weighted by molar-refractivity contribution is 0.0992. The topological polar surface area (TPSA) is 73.8 Å². The van der Waals surface area contributed by atoms with E-state index in [1.54, 1.807) is 12.1 Å². The van der Waals surface area contributed by atoms with E-state index in [0.717, 1.165) is 24.6 Å². The largest absolute Gasteiger partial charge is 0.365 e. The zero-order valence-corrected chi connectivity index (χ0v) is 15.0. The number of hydrogen-bond donors (Lipinski definition) is 1. The molecule has 0 saturated heterocycles. The van der Waals surface area contributed by atoms with Gasteiger partial charge in [-0.25, -0.2) is 18.4 Å². The van der Waals surface area contributed by atoms with Crippen LogP contribution >= 0.6 is 0 Å². The maximum Gasteiger partial charge on any atom is 0.254 e. The quantitative estimate of drug-likeness (QED) is 0.725. The number of nitrogens with zero attached hydrogens (tertiary/aromatic N) is 3. The number of aromatic nitrogens is 3. The van der Waals surface area contributed by atoms with Crippen LogP contribution in [-0.2, 0) is 0 Å². The third-order valence-electron chi connectivity index (χ3n) is 5.36. The third kappa shape index (κ3) is 2.87. The van der Waals surface area contributed by atoms with Gasteiger partial charge in [-0.05, 0) is 56.0 Å². The normalized spacial score (nSPS) is 16.4. The van der Waals surface area contributed by atoms with Crippen molar-refractivity contribution in [3.05, 3.63) is 65.1 Å². The smallest absolute Gasteiger partial charge is 0.254 e. The summed E-state index contributed by atoms with van der Waals surface area (Å²) in [6.45, 7) is 0. The summed E-state index contributed by atoms with van der Waals surface area (Å²) in [5.41, 5.74) is 7.16. The van der Waals surface area contributed by atoms with Crippen molar-refractivity contribution in [3.63, 3.8) is 0 Å². The summed E-state index contributed by atoms with van der Waals surface area (Å²) in [5, 5.41) is 4.74. The van der Waals surface area contributed by atoms with E-state index in [1.807, 2.05) is 4.68 Å². The first-order chi connectivity index (χ1) is 13.5. The molecule has 0 bridgehead atoms. The van der Waals surface area contributed by atoms with Crippen molar-refractivity contribution in [1.29, 1.82) is 0 Å². The molecule has 142 valence electrons. The Morgan fingerprint density at radius 1 is 1.07 bits per heavy atom. The molecule has 3 aromatic rings. The van der Waals surface area contributed by atoms with Gasteiger partial charge < -0.3 is 5.73 Å². The lowest BCUT2D eigenvalue weighted by atomic mass is 10.0. The van der Waals surface area contributed by atoms with Crippen LogP contribution in [0.5, 0.6) is 0 Å². The molecule has 0 unspecified atom stereocenters. The van der Waals surface area contributed by atoms with Crippen LogP contribution in [0.3, 0.4) is 0 Å². The number of primary amides is 1. The van der Waals surface area contributed by atoms with Crippen molar-refractivity contribution in [3.8, 4) is 16.9 Å². The van der Waals surface area contributed by atoms with Gasteiger partial charge >= 0.3 is 0 Å². The van der Waals surface area contributed by atoms with Crippen molar-refractivity contribution in [2.75, 3.05) is 0 Å². The molecule has 0 spiro atoms. The molecule has 5 nitrogen and oxygen atoms in total. The Balaban J connectivity index is 1.52. The number of rotatable bonds is 5. The first kappa shape index (κ1) is 17.0. The summed E-state index contributed by atoms with van der Waals surface area (Å²) >= 11 is 0. The first-order valence-corrected chi connectivity index (χ1v) is 9.37. The Morgan fingerprint density at radius 3 is 2.43 bits per heavy atom. The Labute approximate surface area is 160 Å². The predicted molar refractivity (Wildman–Crippen MR) is 99.2 cm³/mol. The molecule has 5 rings (SSSR count). The molecular formula is C21H18F2N4O. The van der Waals surface area contributed by atoms with Crippen LogP contribution in [0.4, 0.5) is 8.78 Å². The number of amides is 1. The van der Waals surface area contributed by atoms with E-state index in [9.17, 15) is 13.6 Å². The van der Waals surface area contributed by atoms with Gasteiger partial charge in [0.15, 0.2) is 5.82 Å². The van der Waals surface area contributed by atoms with Gasteiger partial charge in [0.1, 0.15) is 17.2 Å². The van der Waals surface area contributed by atoms with Gasteiger partial charge in [0, 0.05) is 34.9 Å². The molecule has 0 atom stereocenters. The van der Waals surface area contributed by atoms with Gasteiger partial charge in [-0.15, -0.1) is 0 Å². The van der Waals surface area contributed by atoms with Crippen molar-refractivity contribution in [2.45, 2.75) is 37.5 Å². The molecule has 2 heterocycles. The van der Waals surface area contributed by atoms with E-state index in [0.29, 0.717) is 23.2 Å². The number of halogens is 2. The SMILES string of the molecule is NC(=O)c1c(F)ccc(-c2ccc(-n3nc(C4CC4)cc3C3CC3)nc2)c1F. The van der Waals surface area contributed by atoms with Crippen LogP contribution in [0.15, 0.2) is 36.5 Å². The average Bonchev–Trinajstić information content (AvgIpc) is 3.60. The van der Waals surface area contributed by atoms with Crippen molar-refractivity contribution in [2.24, 2.45) is 5.73 Å². The van der Waals surface area contributed by atoms with Crippen molar-refractivity contribution in [1.82, 2.24) is 14.8 Å². The standard InChI is InChI=1S/C21H18F2N4O/c22-15-7-6-14(20(23)19(15)21(24)28)13-5-8-18(25-10-13)27-17(12-3-4-12)9-16(26-27)11-1-2-11/h5-12H,1-4H2,(H2,24,28). The number of benzene rings is 1. The molecule has 2 aliphatic carbocycles. The molecule has 7 heteroatoms. The van der Waals surface area contributed by atoms with E-state index in [-0.39, 0.29) is 5.56 Å².